The number of nitrogens with two attached hydrogens (primary N) is 1. The lowest BCUT2D eigenvalue weighted by molar-refractivity contribution is 0.131. The van der Waals surface area contributed by atoms with E-state index in [-0.39, 0.29) is 5.60 Å². The summed E-state index contributed by atoms with van der Waals surface area (Å²) in [4.78, 5) is 0. The smallest absolute Gasteiger partial charge is 0.165 e. The Morgan fingerprint density at radius 1 is 1.53 bits per heavy atom. The molecule has 4 nitrogen and oxygen atoms in total. The molecule has 0 saturated heterocycles. The predicted octanol–water partition coefficient (Wildman–Crippen LogP) is 2.41. The Kier molecular flexibility index (Phi) is 3.42. The first-order valence-corrected chi connectivity index (χ1v) is 6.47. The SMILES string of the molecule is CC(N)(C#N)CCOc1cccc2c1OC(C)(C)C2. The van der Waals surface area contributed by atoms with E-state index in [0.29, 0.717) is 13.0 Å². The predicted molar refractivity (Wildman–Crippen MR) is 73.2 cm³/mol. The van der Waals surface area contributed by atoms with Crippen LogP contribution in [0.4, 0.5) is 0 Å². The molecular formula is C15H20N2O2. The van der Waals surface area contributed by atoms with Crippen molar-refractivity contribution in [2.24, 2.45) is 5.73 Å². The number of benzene rings is 1. The summed E-state index contributed by atoms with van der Waals surface area (Å²) >= 11 is 0. The van der Waals surface area contributed by atoms with Crippen LogP contribution in [0.15, 0.2) is 18.2 Å². The Labute approximate surface area is 114 Å². The summed E-state index contributed by atoms with van der Waals surface area (Å²) in [5.74, 6) is 1.56. The van der Waals surface area contributed by atoms with E-state index in [1.165, 1.54) is 5.56 Å². The summed E-state index contributed by atoms with van der Waals surface area (Å²) < 4.78 is 11.6. The van der Waals surface area contributed by atoms with Gasteiger partial charge in [-0.1, -0.05) is 12.1 Å². The number of para-hydroxylation sites is 1. The number of nitrogens with zero attached hydrogens (tertiary/aromatic N) is 1. The third-order valence-electron chi connectivity index (χ3n) is 3.19. The normalized spacial score (nSPS) is 18.9. The molecule has 0 spiro atoms. The van der Waals surface area contributed by atoms with Gasteiger partial charge in [-0.05, 0) is 26.8 Å². The van der Waals surface area contributed by atoms with Crippen LogP contribution in [0.25, 0.3) is 0 Å². The van der Waals surface area contributed by atoms with E-state index in [4.69, 9.17) is 20.5 Å². The second-order valence-corrected chi connectivity index (χ2v) is 5.91. The number of fused-ring (bicyclic) bond motifs is 1. The standard InChI is InChI=1S/C15H20N2O2/c1-14(2)9-11-5-4-6-12(13(11)19-14)18-8-7-15(3,17)10-16/h4-6H,7-9,17H2,1-3H3. The fourth-order valence-electron chi connectivity index (χ4n) is 2.13. The van der Waals surface area contributed by atoms with Crippen molar-refractivity contribution in [3.05, 3.63) is 23.8 Å². The van der Waals surface area contributed by atoms with Crippen molar-refractivity contribution in [1.29, 1.82) is 5.26 Å². The monoisotopic (exact) mass is 260 g/mol. The summed E-state index contributed by atoms with van der Waals surface area (Å²) in [5.41, 5.74) is 5.90. The maximum atomic E-state index is 8.86. The zero-order valence-electron chi connectivity index (χ0n) is 11.7. The average molecular weight is 260 g/mol. The molecule has 0 fully saturated rings. The zero-order chi connectivity index (χ0) is 14.1. The Balaban J connectivity index is 2.04. The summed E-state index contributed by atoms with van der Waals surface area (Å²) in [5, 5.41) is 8.86. The molecule has 1 unspecified atom stereocenters. The second kappa shape index (κ2) is 4.75. The van der Waals surface area contributed by atoms with Crippen LogP contribution < -0.4 is 15.2 Å². The molecule has 0 aromatic heterocycles. The van der Waals surface area contributed by atoms with E-state index in [1.54, 1.807) is 6.92 Å². The lowest BCUT2D eigenvalue weighted by Gasteiger charge is -2.19. The van der Waals surface area contributed by atoms with E-state index < -0.39 is 5.54 Å². The lowest BCUT2D eigenvalue weighted by atomic mass is 10.0. The van der Waals surface area contributed by atoms with Gasteiger partial charge in [-0.25, -0.2) is 0 Å². The molecule has 1 aliphatic rings. The molecular weight excluding hydrogens is 240 g/mol. The van der Waals surface area contributed by atoms with E-state index in [2.05, 4.69) is 26.0 Å². The fourth-order valence-corrected chi connectivity index (χ4v) is 2.13. The minimum Gasteiger partial charge on any atom is -0.490 e. The van der Waals surface area contributed by atoms with E-state index in [1.807, 2.05) is 12.1 Å². The van der Waals surface area contributed by atoms with Gasteiger partial charge in [-0.2, -0.15) is 5.26 Å². The molecule has 2 N–H and O–H groups in total. The first-order chi connectivity index (χ1) is 8.83. The third-order valence-corrected chi connectivity index (χ3v) is 3.19. The van der Waals surface area contributed by atoms with Crippen molar-refractivity contribution in [2.75, 3.05) is 6.61 Å². The van der Waals surface area contributed by atoms with Crippen LogP contribution in [0.3, 0.4) is 0 Å². The molecule has 0 radical (unpaired) electrons. The van der Waals surface area contributed by atoms with Gasteiger partial charge in [0.1, 0.15) is 11.1 Å². The molecule has 0 bridgehead atoms. The summed E-state index contributed by atoms with van der Waals surface area (Å²) in [6.45, 7) is 6.22. The van der Waals surface area contributed by atoms with E-state index >= 15 is 0 Å². The molecule has 1 heterocycles. The van der Waals surface area contributed by atoms with Gasteiger partial charge in [-0.15, -0.1) is 0 Å². The highest BCUT2D eigenvalue weighted by molar-refractivity contribution is 5.50. The first kappa shape index (κ1) is 13.7. The van der Waals surface area contributed by atoms with Crippen LogP contribution in [-0.2, 0) is 6.42 Å². The highest BCUT2D eigenvalue weighted by atomic mass is 16.5. The van der Waals surface area contributed by atoms with Crippen LogP contribution >= 0.6 is 0 Å². The number of hydrogen-bond donors (Lipinski definition) is 1. The summed E-state index contributed by atoms with van der Waals surface area (Å²) in [6.07, 6.45) is 1.36. The molecule has 19 heavy (non-hydrogen) atoms. The van der Waals surface area contributed by atoms with Crippen molar-refractivity contribution < 1.29 is 9.47 Å². The molecule has 1 atom stereocenters. The molecule has 0 amide bonds. The van der Waals surface area contributed by atoms with Gasteiger partial charge in [0.2, 0.25) is 0 Å². The van der Waals surface area contributed by atoms with E-state index in [9.17, 15) is 0 Å². The highest BCUT2D eigenvalue weighted by Crippen LogP contribution is 2.41. The van der Waals surface area contributed by atoms with Crippen molar-refractivity contribution >= 4 is 0 Å². The first-order valence-electron chi connectivity index (χ1n) is 6.47. The maximum absolute atomic E-state index is 8.86. The van der Waals surface area contributed by atoms with Crippen LogP contribution in [-0.4, -0.2) is 17.7 Å². The lowest BCUT2D eigenvalue weighted by Crippen LogP contribution is -2.35. The molecule has 2 rings (SSSR count). The second-order valence-electron chi connectivity index (χ2n) is 5.91. The van der Waals surface area contributed by atoms with Crippen molar-refractivity contribution in [1.82, 2.24) is 0 Å². The van der Waals surface area contributed by atoms with Gasteiger partial charge in [-0.3, -0.25) is 0 Å². The molecule has 102 valence electrons. The maximum Gasteiger partial charge on any atom is 0.165 e. The van der Waals surface area contributed by atoms with Gasteiger partial charge < -0.3 is 15.2 Å². The van der Waals surface area contributed by atoms with Crippen molar-refractivity contribution in [2.45, 2.75) is 44.8 Å². The van der Waals surface area contributed by atoms with Crippen molar-refractivity contribution in [3.63, 3.8) is 0 Å². The minimum absolute atomic E-state index is 0.184. The van der Waals surface area contributed by atoms with Gasteiger partial charge in [0.25, 0.3) is 0 Å². The van der Waals surface area contributed by atoms with Crippen LogP contribution in [0, 0.1) is 11.3 Å². The molecule has 0 aliphatic carbocycles. The fraction of sp³-hybridized carbons (Fsp3) is 0.533. The summed E-state index contributed by atoms with van der Waals surface area (Å²) in [6, 6.07) is 7.97. The Hall–Kier alpha value is -1.73. The highest BCUT2D eigenvalue weighted by Gasteiger charge is 2.32. The zero-order valence-corrected chi connectivity index (χ0v) is 11.7. The van der Waals surface area contributed by atoms with Crippen LogP contribution in [0.1, 0.15) is 32.8 Å². The van der Waals surface area contributed by atoms with E-state index in [0.717, 1.165) is 17.9 Å². The van der Waals surface area contributed by atoms with Crippen LogP contribution in [0.2, 0.25) is 0 Å². The Morgan fingerprint density at radius 2 is 2.26 bits per heavy atom. The average Bonchev–Trinajstić information content (AvgIpc) is 2.64. The van der Waals surface area contributed by atoms with Gasteiger partial charge in [0, 0.05) is 18.4 Å². The third kappa shape index (κ3) is 3.18. The molecule has 4 heteroatoms. The van der Waals surface area contributed by atoms with Crippen molar-refractivity contribution in [3.8, 4) is 17.6 Å². The number of ether oxygens (including phenoxy) is 2. The Morgan fingerprint density at radius 3 is 2.95 bits per heavy atom. The number of hydrogen-bond acceptors (Lipinski definition) is 4. The quantitative estimate of drug-likeness (QED) is 0.902. The largest absolute Gasteiger partial charge is 0.490 e. The number of rotatable bonds is 4. The minimum atomic E-state index is -0.849. The van der Waals surface area contributed by atoms with Gasteiger partial charge >= 0.3 is 0 Å². The Bertz CT molecular complexity index is 515. The molecule has 1 aromatic rings. The number of nitriles is 1. The van der Waals surface area contributed by atoms with Crippen LogP contribution in [0.5, 0.6) is 11.5 Å². The molecule has 1 aliphatic heterocycles. The summed E-state index contributed by atoms with van der Waals surface area (Å²) in [7, 11) is 0. The molecule has 1 aromatic carbocycles. The van der Waals surface area contributed by atoms with Gasteiger partial charge in [0.15, 0.2) is 11.5 Å². The molecule has 0 saturated carbocycles. The topological polar surface area (TPSA) is 68.3 Å². The van der Waals surface area contributed by atoms with Gasteiger partial charge in [0.05, 0.1) is 12.7 Å².